The molecule has 1 fully saturated rings. The largest absolute Gasteiger partial charge is 0.480 e. The molecule has 1 aliphatic heterocycles. The minimum atomic E-state index is -1.14. The molecule has 0 aliphatic carbocycles. The Bertz CT molecular complexity index is 1200. The van der Waals surface area contributed by atoms with Gasteiger partial charge in [0, 0.05) is 11.4 Å². The van der Waals surface area contributed by atoms with Gasteiger partial charge in [-0.3, -0.25) is 14.4 Å². The van der Waals surface area contributed by atoms with Gasteiger partial charge in [0.05, 0.1) is 12.6 Å². The summed E-state index contributed by atoms with van der Waals surface area (Å²) in [6.45, 7) is 9.08. The predicted molar refractivity (Wildman–Crippen MR) is 149 cm³/mol. The maximum absolute atomic E-state index is 13.3. The van der Waals surface area contributed by atoms with Crippen molar-refractivity contribution >= 4 is 40.6 Å². The molecule has 2 heterocycles. The van der Waals surface area contributed by atoms with Gasteiger partial charge >= 0.3 is 12.0 Å². The molecule has 1 saturated heterocycles. The number of carbonyl (C=O) groups excluding carboxylic acids is 4. The van der Waals surface area contributed by atoms with E-state index in [1.807, 2.05) is 39.8 Å². The number of aliphatic carboxylic acids is 1. The summed E-state index contributed by atoms with van der Waals surface area (Å²) >= 11 is 0. The first kappa shape index (κ1) is 30.6. The summed E-state index contributed by atoms with van der Waals surface area (Å²) in [6, 6.07) is 5.02. The van der Waals surface area contributed by atoms with Crippen LogP contribution in [0.15, 0.2) is 34.7 Å². The number of nitrogens with one attached hydrogen (secondary N) is 3. The molecule has 40 heavy (non-hydrogen) atoms. The maximum Gasteiger partial charge on any atom is 0.326 e. The first-order valence-electron chi connectivity index (χ1n) is 13.8. The van der Waals surface area contributed by atoms with Crippen LogP contribution in [0.3, 0.4) is 0 Å². The summed E-state index contributed by atoms with van der Waals surface area (Å²) in [4.78, 5) is 65.2. The average Bonchev–Trinajstić information content (AvgIpc) is 3.26. The van der Waals surface area contributed by atoms with Crippen molar-refractivity contribution in [2.75, 3.05) is 6.54 Å². The van der Waals surface area contributed by atoms with Crippen molar-refractivity contribution in [3.05, 3.63) is 36.1 Å². The number of likely N-dealkylation sites (tertiary alicyclic amines) is 1. The van der Waals surface area contributed by atoms with Gasteiger partial charge in [-0.05, 0) is 56.6 Å². The van der Waals surface area contributed by atoms with Gasteiger partial charge in [-0.25, -0.2) is 9.59 Å². The Balaban J connectivity index is 1.67. The zero-order valence-corrected chi connectivity index (χ0v) is 23.7. The molecule has 4 atom stereocenters. The fraction of sp³-hybridized carbons (Fsp3) is 0.552. The molecule has 0 radical (unpaired) electrons. The number of hydrogen-bond donors (Lipinski definition) is 4. The summed E-state index contributed by atoms with van der Waals surface area (Å²) < 4.78 is 5.63. The molecule has 11 nitrogen and oxygen atoms in total. The van der Waals surface area contributed by atoms with E-state index >= 15 is 0 Å². The van der Waals surface area contributed by atoms with Gasteiger partial charge in [0.25, 0.3) is 5.91 Å². The number of amides is 4. The number of carboxylic acids is 1. The molecular formula is C29H40N4O7. The van der Waals surface area contributed by atoms with E-state index in [9.17, 15) is 29.1 Å². The Morgan fingerprint density at radius 2 is 1.65 bits per heavy atom. The third kappa shape index (κ3) is 8.06. The molecular weight excluding hydrogens is 516 g/mol. The molecule has 4 N–H and O–H groups in total. The monoisotopic (exact) mass is 556 g/mol. The van der Waals surface area contributed by atoms with Gasteiger partial charge in [0.1, 0.15) is 17.7 Å². The summed E-state index contributed by atoms with van der Waals surface area (Å²) in [6.07, 6.45) is 1.32. The van der Waals surface area contributed by atoms with Crippen molar-refractivity contribution in [2.24, 2.45) is 11.8 Å². The number of Topliss-reactive ketones (excluding diaryl/α,β-unsaturated/α-hetero) is 1. The second kappa shape index (κ2) is 13.5. The number of fused-ring (bicyclic) bond motifs is 1. The van der Waals surface area contributed by atoms with Crippen molar-refractivity contribution in [3.8, 4) is 0 Å². The number of furan rings is 1. The first-order chi connectivity index (χ1) is 18.8. The van der Waals surface area contributed by atoms with Gasteiger partial charge in [-0.1, -0.05) is 45.9 Å². The Hall–Kier alpha value is -3.89. The lowest BCUT2D eigenvalue weighted by atomic mass is 10.0. The van der Waals surface area contributed by atoms with E-state index in [0.717, 1.165) is 5.39 Å². The van der Waals surface area contributed by atoms with Crippen LogP contribution in [0.1, 0.15) is 70.9 Å². The van der Waals surface area contributed by atoms with Crippen LogP contribution in [0.4, 0.5) is 4.79 Å². The Morgan fingerprint density at radius 1 is 1.00 bits per heavy atom. The van der Waals surface area contributed by atoms with E-state index in [1.165, 1.54) is 4.90 Å². The van der Waals surface area contributed by atoms with Crippen LogP contribution in [0.5, 0.6) is 0 Å². The number of rotatable bonds is 10. The third-order valence-electron chi connectivity index (χ3n) is 6.98. The van der Waals surface area contributed by atoms with Crippen molar-refractivity contribution in [1.82, 2.24) is 20.9 Å². The summed E-state index contributed by atoms with van der Waals surface area (Å²) in [5, 5.41) is 18.3. The van der Waals surface area contributed by atoms with E-state index in [-0.39, 0.29) is 42.4 Å². The summed E-state index contributed by atoms with van der Waals surface area (Å²) in [7, 11) is 0. The number of carbonyl (C=O) groups is 5. The Kier molecular flexibility index (Phi) is 10.3. The van der Waals surface area contributed by atoms with Crippen LogP contribution in [-0.4, -0.2) is 70.3 Å². The number of carboxylic acid groups (broad SMARTS) is 1. The fourth-order valence-electron chi connectivity index (χ4n) is 4.81. The smallest absolute Gasteiger partial charge is 0.326 e. The van der Waals surface area contributed by atoms with Crippen molar-refractivity contribution in [2.45, 2.75) is 84.5 Å². The van der Waals surface area contributed by atoms with E-state index in [1.54, 1.807) is 25.1 Å². The molecule has 0 spiro atoms. The van der Waals surface area contributed by atoms with Gasteiger partial charge in [0.2, 0.25) is 5.91 Å². The van der Waals surface area contributed by atoms with Crippen LogP contribution < -0.4 is 16.0 Å². The molecule has 0 bridgehead atoms. The normalized spacial score (nSPS) is 19.3. The molecule has 218 valence electrons. The molecule has 11 heteroatoms. The van der Waals surface area contributed by atoms with E-state index < -0.39 is 41.9 Å². The predicted octanol–water partition coefficient (Wildman–Crippen LogP) is 3.32. The fourth-order valence-corrected chi connectivity index (χ4v) is 4.81. The van der Waals surface area contributed by atoms with Crippen LogP contribution in [0.25, 0.3) is 11.0 Å². The van der Waals surface area contributed by atoms with Crippen LogP contribution in [-0.2, 0) is 14.4 Å². The zero-order valence-electron chi connectivity index (χ0n) is 23.7. The lowest BCUT2D eigenvalue weighted by molar-refractivity contribution is -0.139. The van der Waals surface area contributed by atoms with Crippen LogP contribution in [0.2, 0.25) is 0 Å². The van der Waals surface area contributed by atoms with Gasteiger partial charge in [0.15, 0.2) is 11.5 Å². The molecule has 0 saturated carbocycles. The number of para-hydroxylation sites is 1. The van der Waals surface area contributed by atoms with Gasteiger partial charge in [-0.2, -0.15) is 0 Å². The van der Waals surface area contributed by atoms with E-state index in [0.29, 0.717) is 24.8 Å². The first-order valence-corrected chi connectivity index (χ1v) is 13.8. The van der Waals surface area contributed by atoms with Gasteiger partial charge < -0.3 is 30.4 Å². The molecule has 3 rings (SSSR count). The second-order valence-electron chi connectivity index (χ2n) is 11.4. The van der Waals surface area contributed by atoms with Crippen molar-refractivity contribution in [3.63, 3.8) is 0 Å². The maximum atomic E-state index is 13.3. The lowest BCUT2D eigenvalue weighted by Gasteiger charge is -2.28. The van der Waals surface area contributed by atoms with E-state index in [2.05, 4.69) is 16.0 Å². The van der Waals surface area contributed by atoms with Gasteiger partial charge in [-0.15, -0.1) is 0 Å². The number of urea groups is 1. The topological polar surface area (TPSA) is 158 Å². The number of hydrogen-bond acceptors (Lipinski definition) is 6. The Labute approximate surface area is 234 Å². The lowest BCUT2D eigenvalue weighted by Crippen LogP contribution is -2.54. The average molecular weight is 557 g/mol. The molecule has 1 aromatic carbocycles. The highest BCUT2D eigenvalue weighted by Gasteiger charge is 2.35. The molecule has 4 unspecified atom stereocenters. The number of benzene rings is 1. The van der Waals surface area contributed by atoms with Crippen LogP contribution >= 0.6 is 0 Å². The summed E-state index contributed by atoms with van der Waals surface area (Å²) in [5.41, 5.74) is 0.558. The van der Waals surface area contributed by atoms with Crippen molar-refractivity contribution in [1.29, 1.82) is 0 Å². The molecule has 4 amide bonds. The highest BCUT2D eigenvalue weighted by atomic mass is 16.4. The Morgan fingerprint density at radius 3 is 2.27 bits per heavy atom. The SMILES string of the molecule is CC(C)CC(NC(=O)N1CC(=O)C(NC(=O)C(CC(C)C)NC(=O)c2cc3ccccc3o2)CCC1C)C(=O)O. The van der Waals surface area contributed by atoms with E-state index in [4.69, 9.17) is 4.42 Å². The quantitative estimate of drug-likeness (QED) is 0.349. The molecule has 1 aliphatic rings. The molecule has 2 aromatic rings. The van der Waals surface area contributed by atoms with Crippen molar-refractivity contribution < 1.29 is 33.5 Å². The number of ketones is 1. The zero-order chi connectivity index (χ0) is 29.6. The molecule has 1 aromatic heterocycles. The summed E-state index contributed by atoms with van der Waals surface area (Å²) in [5.74, 6) is -2.32. The highest BCUT2D eigenvalue weighted by Crippen LogP contribution is 2.20. The highest BCUT2D eigenvalue weighted by molar-refractivity contribution is 6.00. The minimum Gasteiger partial charge on any atom is -0.480 e. The van der Waals surface area contributed by atoms with Crippen LogP contribution in [0, 0.1) is 11.8 Å². The minimum absolute atomic E-state index is 0.0512. The number of nitrogens with zero attached hydrogens (tertiary/aromatic N) is 1. The third-order valence-corrected chi connectivity index (χ3v) is 6.98. The standard InChI is InChI=1S/C29H40N4O7/c1-16(2)12-21(31-27(36)25-14-19-8-6-7-9-24(19)40-25)26(35)30-20-11-10-18(5)33(15-23(20)34)29(39)32-22(28(37)38)13-17(3)4/h6-9,14,16-18,20-22H,10-13,15H2,1-5H3,(H,30,35)(H,31,36)(H,32,39)(H,37,38). The second-order valence-corrected chi connectivity index (χ2v) is 11.4.